The van der Waals surface area contributed by atoms with E-state index in [0.29, 0.717) is 0 Å². The van der Waals surface area contributed by atoms with Gasteiger partial charge in [-0.25, -0.2) is 0 Å². The fraction of sp³-hybridized carbons (Fsp3) is 0.474. The maximum absolute atomic E-state index is 4.83. The molecule has 2 aromatic rings. The normalized spacial score (nSPS) is 14.9. The molecule has 26 heavy (non-hydrogen) atoms. The highest BCUT2D eigenvalue weighted by Crippen LogP contribution is 2.22. The Morgan fingerprint density at radius 3 is 2.65 bits per heavy atom. The molecule has 3 rings (SSSR count). The van der Waals surface area contributed by atoms with E-state index in [1.54, 1.807) is 0 Å². The van der Waals surface area contributed by atoms with Crippen LogP contribution in [0.15, 0.2) is 40.8 Å². The lowest BCUT2D eigenvalue weighted by Crippen LogP contribution is -2.52. The summed E-state index contributed by atoms with van der Waals surface area (Å²) in [5.41, 5.74) is 2.30. The number of aryl methyl sites for hydroxylation is 1. The van der Waals surface area contributed by atoms with Gasteiger partial charge in [0.2, 0.25) is 0 Å². The highest BCUT2D eigenvalue weighted by atomic mass is 127. The van der Waals surface area contributed by atoms with Gasteiger partial charge < -0.3 is 15.1 Å². The lowest BCUT2D eigenvalue weighted by atomic mass is 10.2. The monoisotopic (exact) mass is 485 g/mol. The van der Waals surface area contributed by atoms with Crippen molar-refractivity contribution in [1.29, 1.82) is 0 Å². The average Bonchev–Trinajstić information content (AvgIpc) is 3.17. The molecule has 5 nitrogen and oxygen atoms in total. The highest BCUT2D eigenvalue weighted by Gasteiger charge is 2.20. The van der Waals surface area contributed by atoms with Crippen LogP contribution < -0.4 is 10.2 Å². The van der Waals surface area contributed by atoms with Gasteiger partial charge in [-0.2, -0.15) is 0 Å². The Balaban J connectivity index is 0.00000243. The quantitative estimate of drug-likeness (QED) is 0.401. The molecule has 1 aliphatic heterocycles. The van der Waals surface area contributed by atoms with E-state index in [1.165, 1.54) is 10.6 Å². The number of nitrogens with zero attached hydrogens (tertiary/aromatic N) is 4. The predicted molar refractivity (Wildman–Crippen MR) is 122 cm³/mol. The molecular weight excluding hydrogens is 457 g/mol. The van der Waals surface area contributed by atoms with Gasteiger partial charge >= 0.3 is 0 Å². The van der Waals surface area contributed by atoms with Crippen LogP contribution in [-0.4, -0.2) is 55.1 Å². The molecule has 0 aliphatic carbocycles. The molecule has 0 radical (unpaired) electrons. The summed E-state index contributed by atoms with van der Waals surface area (Å²) in [7, 11) is 0. The maximum atomic E-state index is 4.83. The first-order chi connectivity index (χ1) is 12.3. The van der Waals surface area contributed by atoms with Gasteiger partial charge in [-0.05, 0) is 49.4 Å². The van der Waals surface area contributed by atoms with Gasteiger partial charge in [-0.1, -0.05) is 6.07 Å². The van der Waals surface area contributed by atoms with E-state index >= 15 is 0 Å². The Morgan fingerprint density at radius 2 is 2.04 bits per heavy atom. The van der Waals surface area contributed by atoms with Crippen LogP contribution in [0.4, 0.5) is 5.00 Å². The lowest BCUT2D eigenvalue weighted by Gasteiger charge is -2.37. The summed E-state index contributed by atoms with van der Waals surface area (Å²) >= 11 is 1.82. The molecule has 1 saturated heterocycles. The van der Waals surface area contributed by atoms with Crippen molar-refractivity contribution in [3.63, 3.8) is 0 Å². The van der Waals surface area contributed by atoms with Crippen molar-refractivity contribution in [1.82, 2.24) is 15.2 Å². The Labute approximate surface area is 177 Å². The number of anilines is 1. The Kier molecular flexibility index (Phi) is 8.64. The first kappa shape index (κ1) is 21.0. The van der Waals surface area contributed by atoms with Crippen LogP contribution in [0.1, 0.15) is 18.2 Å². The summed E-state index contributed by atoms with van der Waals surface area (Å²) in [4.78, 5) is 14.0. The van der Waals surface area contributed by atoms with Gasteiger partial charge in [0, 0.05) is 51.2 Å². The standard InChI is InChI=1S/C19H27N5S.HI/c1-3-20-19(21-9-8-17-7-6-16(2)22-15-17)24-12-10-23(11-13-24)18-5-4-14-25-18;/h4-7,14-15H,3,8-13H2,1-2H3,(H,20,21);1H. The van der Waals surface area contributed by atoms with E-state index in [2.05, 4.69) is 56.7 Å². The van der Waals surface area contributed by atoms with Crippen molar-refractivity contribution in [2.24, 2.45) is 4.99 Å². The topological polar surface area (TPSA) is 43.8 Å². The van der Waals surface area contributed by atoms with Gasteiger partial charge in [-0.3, -0.25) is 9.98 Å². The summed E-state index contributed by atoms with van der Waals surface area (Å²) in [6.45, 7) is 9.95. The minimum Gasteiger partial charge on any atom is -0.360 e. The molecule has 0 atom stereocenters. The lowest BCUT2D eigenvalue weighted by molar-refractivity contribution is 0.373. The second-order valence-electron chi connectivity index (χ2n) is 6.22. The molecule has 3 heterocycles. The van der Waals surface area contributed by atoms with Crippen molar-refractivity contribution in [3.05, 3.63) is 47.1 Å². The smallest absolute Gasteiger partial charge is 0.194 e. The van der Waals surface area contributed by atoms with Crippen molar-refractivity contribution in [3.8, 4) is 0 Å². The minimum atomic E-state index is 0. The SMILES string of the molecule is CCNC(=NCCc1ccc(C)nc1)N1CCN(c2cccs2)CC1.I. The number of hydrogen-bond acceptors (Lipinski definition) is 4. The van der Waals surface area contributed by atoms with Crippen molar-refractivity contribution in [2.45, 2.75) is 20.3 Å². The molecule has 0 spiro atoms. The molecule has 2 aromatic heterocycles. The van der Waals surface area contributed by atoms with E-state index in [4.69, 9.17) is 4.99 Å². The van der Waals surface area contributed by atoms with Crippen LogP contribution >= 0.6 is 35.3 Å². The summed E-state index contributed by atoms with van der Waals surface area (Å²) < 4.78 is 0. The van der Waals surface area contributed by atoms with Crippen LogP contribution in [0, 0.1) is 6.92 Å². The van der Waals surface area contributed by atoms with Crippen LogP contribution in [0.3, 0.4) is 0 Å². The van der Waals surface area contributed by atoms with Crippen LogP contribution in [0.25, 0.3) is 0 Å². The van der Waals surface area contributed by atoms with Gasteiger partial charge in [0.15, 0.2) is 5.96 Å². The summed E-state index contributed by atoms with van der Waals surface area (Å²) in [6, 6.07) is 8.53. The van der Waals surface area contributed by atoms with Crippen LogP contribution in [-0.2, 0) is 6.42 Å². The van der Waals surface area contributed by atoms with Crippen LogP contribution in [0.2, 0.25) is 0 Å². The van der Waals surface area contributed by atoms with Gasteiger partial charge in [-0.15, -0.1) is 35.3 Å². The first-order valence-electron chi connectivity index (χ1n) is 8.99. The van der Waals surface area contributed by atoms with Gasteiger partial charge in [0.25, 0.3) is 0 Å². The average molecular weight is 485 g/mol. The molecule has 0 amide bonds. The van der Waals surface area contributed by atoms with E-state index in [-0.39, 0.29) is 24.0 Å². The molecule has 142 valence electrons. The Hall–Kier alpha value is -1.35. The molecule has 7 heteroatoms. The fourth-order valence-corrected chi connectivity index (χ4v) is 3.74. The number of aliphatic imine (C=N–C) groups is 1. The summed E-state index contributed by atoms with van der Waals surface area (Å²) in [5.74, 6) is 1.04. The van der Waals surface area contributed by atoms with E-state index in [0.717, 1.165) is 57.3 Å². The maximum Gasteiger partial charge on any atom is 0.194 e. The second kappa shape index (κ2) is 10.7. The van der Waals surface area contributed by atoms with Crippen molar-refractivity contribution < 1.29 is 0 Å². The second-order valence-corrected chi connectivity index (χ2v) is 7.15. The van der Waals surface area contributed by atoms with E-state index in [1.807, 2.05) is 24.5 Å². The van der Waals surface area contributed by atoms with E-state index in [9.17, 15) is 0 Å². The van der Waals surface area contributed by atoms with Crippen molar-refractivity contribution in [2.75, 3.05) is 44.2 Å². The number of pyridine rings is 1. The zero-order valence-corrected chi connectivity index (χ0v) is 18.7. The fourth-order valence-electron chi connectivity index (χ4n) is 2.95. The number of rotatable bonds is 5. The molecule has 0 saturated carbocycles. The summed E-state index contributed by atoms with van der Waals surface area (Å²) in [5, 5.41) is 6.96. The third kappa shape index (κ3) is 5.84. The molecular formula is C19H28IN5S. The van der Waals surface area contributed by atoms with Gasteiger partial charge in [0.1, 0.15) is 0 Å². The molecule has 1 N–H and O–H groups in total. The molecule has 0 aromatic carbocycles. The number of hydrogen-bond donors (Lipinski definition) is 1. The zero-order chi connectivity index (χ0) is 17.5. The molecule has 1 aliphatic rings. The third-order valence-electron chi connectivity index (χ3n) is 4.37. The van der Waals surface area contributed by atoms with Crippen molar-refractivity contribution >= 4 is 46.3 Å². The summed E-state index contributed by atoms with van der Waals surface area (Å²) in [6.07, 6.45) is 2.88. The third-order valence-corrected chi connectivity index (χ3v) is 5.30. The number of guanidine groups is 1. The number of aromatic nitrogens is 1. The Morgan fingerprint density at radius 1 is 1.23 bits per heavy atom. The van der Waals surface area contributed by atoms with Crippen LogP contribution in [0.5, 0.6) is 0 Å². The number of halogens is 1. The largest absolute Gasteiger partial charge is 0.360 e. The molecule has 1 fully saturated rings. The highest BCUT2D eigenvalue weighted by molar-refractivity contribution is 14.0. The van der Waals surface area contributed by atoms with E-state index < -0.39 is 0 Å². The zero-order valence-electron chi connectivity index (χ0n) is 15.5. The molecule has 0 unspecified atom stereocenters. The first-order valence-corrected chi connectivity index (χ1v) is 9.87. The minimum absolute atomic E-state index is 0. The predicted octanol–water partition coefficient (Wildman–Crippen LogP) is 3.40. The Bertz CT molecular complexity index is 664. The van der Waals surface area contributed by atoms with Gasteiger partial charge in [0.05, 0.1) is 5.00 Å². The number of thiophene rings is 1. The number of piperazine rings is 1. The number of nitrogens with one attached hydrogen (secondary N) is 1. The molecule has 0 bridgehead atoms.